The number of hydrogen-bond donors (Lipinski definition) is 1. The molecule has 0 unspecified atom stereocenters. The number of benzene rings is 2. The molecule has 3 rings (SSSR count). The molecule has 1 fully saturated rings. The van der Waals surface area contributed by atoms with E-state index in [1.54, 1.807) is 17.0 Å². The predicted octanol–water partition coefficient (Wildman–Crippen LogP) is 3.08. The Morgan fingerprint density at radius 3 is 2.63 bits per heavy atom. The maximum Gasteiger partial charge on any atom is 0.410 e. The Morgan fingerprint density at radius 1 is 1.30 bits per heavy atom. The summed E-state index contributed by atoms with van der Waals surface area (Å²) in [5, 5.41) is 14.0. The molecule has 1 heterocycles. The molecule has 2 aromatic carbocycles. The second kappa shape index (κ2) is 7.73. The zero-order chi connectivity index (χ0) is 19.4. The first-order valence-electron chi connectivity index (χ1n) is 8.12. The number of methoxy groups -OCH3 is 1. The van der Waals surface area contributed by atoms with Gasteiger partial charge < -0.3 is 19.7 Å². The number of amides is 1. The van der Waals surface area contributed by atoms with Gasteiger partial charge in [-0.05, 0) is 23.8 Å². The van der Waals surface area contributed by atoms with Crippen LogP contribution in [0.5, 0.6) is 0 Å². The summed E-state index contributed by atoms with van der Waals surface area (Å²) >= 11 is 0. The van der Waals surface area contributed by atoms with Crippen molar-refractivity contribution >= 4 is 29.1 Å². The average Bonchev–Trinajstić information content (AvgIpc) is 3.07. The summed E-state index contributed by atoms with van der Waals surface area (Å²) < 4.78 is 9.60. The highest BCUT2D eigenvalue weighted by molar-refractivity contribution is 5.97. The normalized spacial score (nSPS) is 13.2. The van der Waals surface area contributed by atoms with Crippen LogP contribution in [0, 0.1) is 10.1 Å². The first-order valence-corrected chi connectivity index (χ1v) is 8.12. The van der Waals surface area contributed by atoms with Crippen LogP contribution in [0.3, 0.4) is 0 Å². The van der Waals surface area contributed by atoms with E-state index < -0.39 is 10.9 Å². The highest BCUT2D eigenvalue weighted by Crippen LogP contribution is 2.26. The van der Waals surface area contributed by atoms with E-state index in [0.717, 1.165) is 5.56 Å². The van der Waals surface area contributed by atoms with E-state index in [4.69, 9.17) is 9.47 Å². The number of non-ortho nitro benzene ring substituents is 1. The van der Waals surface area contributed by atoms with Gasteiger partial charge in [-0.3, -0.25) is 10.1 Å². The quantitative estimate of drug-likeness (QED) is 0.472. The van der Waals surface area contributed by atoms with E-state index in [2.05, 4.69) is 5.32 Å². The zero-order valence-electron chi connectivity index (χ0n) is 14.5. The van der Waals surface area contributed by atoms with E-state index in [0.29, 0.717) is 31.1 Å². The van der Waals surface area contributed by atoms with Crippen LogP contribution in [0.25, 0.3) is 0 Å². The minimum Gasteiger partial charge on any atom is -0.465 e. The molecular formula is C18H17N3O6. The number of nitro groups is 1. The molecular weight excluding hydrogens is 354 g/mol. The lowest BCUT2D eigenvalue weighted by atomic mass is 10.1. The van der Waals surface area contributed by atoms with Gasteiger partial charge in [-0.25, -0.2) is 9.59 Å². The molecule has 0 atom stereocenters. The first-order chi connectivity index (χ1) is 13.0. The Morgan fingerprint density at radius 2 is 2.04 bits per heavy atom. The minimum atomic E-state index is -0.676. The van der Waals surface area contributed by atoms with Gasteiger partial charge in [0, 0.05) is 24.4 Å². The van der Waals surface area contributed by atoms with Crippen LogP contribution >= 0.6 is 0 Å². The third kappa shape index (κ3) is 4.14. The lowest BCUT2D eigenvalue weighted by molar-refractivity contribution is -0.384. The van der Waals surface area contributed by atoms with Crippen molar-refractivity contribution < 1.29 is 24.0 Å². The maximum absolute atomic E-state index is 11.9. The number of cyclic esters (lactones) is 1. The van der Waals surface area contributed by atoms with Gasteiger partial charge in [-0.15, -0.1) is 0 Å². The lowest BCUT2D eigenvalue weighted by Crippen LogP contribution is -2.23. The number of nitrogens with one attached hydrogen (secondary N) is 1. The molecule has 9 heteroatoms. The standard InChI is InChI=1S/C18H17N3O6/c1-26-17(22)15-10-14(21(24)25)6-7-16(15)19-13-4-2-12(3-5-13)11-20-8-9-27-18(20)23/h2-7,10,19H,8-9,11H2,1H3. The minimum absolute atomic E-state index is 0.0654. The molecule has 1 saturated heterocycles. The van der Waals surface area contributed by atoms with Crippen LogP contribution in [0.4, 0.5) is 21.9 Å². The Hall–Kier alpha value is -3.62. The maximum atomic E-state index is 11.9. The monoisotopic (exact) mass is 371 g/mol. The molecule has 0 aromatic heterocycles. The second-order valence-corrected chi connectivity index (χ2v) is 5.84. The van der Waals surface area contributed by atoms with E-state index in [9.17, 15) is 19.7 Å². The van der Waals surface area contributed by atoms with E-state index in [-0.39, 0.29) is 17.3 Å². The molecule has 0 spiro atoms. The van der Waals surface area contributed by atoms with Crippen molar-refractivity contribution in [1.82, 2.24) is 4.90 Å². The summed E-state index contributed by atoms with van der Waals surface area (Å²) in [6.07, 6.45) is -0.328. The van der Waals surface area contributed by atoms with Gasteiger partial charge in [0.25, 0.3) is 5.69 Å². The number of hydrogen-bond acceptors (Lipinski definition) is 7. The summed E-state index contributed by atoms with van der Waals surface area (Å²) in [6.45, 7) is 1.41. The predicted molar refractivity (Wildman–Crippen MR) is 95.9 cm³/mol. The summed E-state index contributed by atoms with van der Waals surface area (Å²) in [4.78, 5) is 35.4. The molecule has 1 aliphatic heterocycles. The molecule has 9 nitrogen and oxygen atoms in total. The molecule has 0 aliphatic carbocycles. The fraction of sp³-hybridized carbons (Fsp3) is 0.222. The number of ether oxygens (including phenoxy) is 2. The van der Waals surface area contributed by atoms with Gasteiger partial charge in [0.2, 0.25) is 0 Å². The number of nitro benzene ring substituents is 1. The van der Waals surface area contributed by atoms with Crippen LogP contribution in [0.15, 0.2) is 42.5 Å². The van der Waals surface area contributed by atoms with Crippen molar-refractivity contribution in [2.75, 3.05) is 25.6 Å². The van der Waals surface area contributed by atoms with Crippen molar-refractivity contribution in [3.05, 3.63) is 63.7 Å². The van der Waals surface area contributed by atoms with Gasteiger partial charge in [0.15, 0.2) is 0 Å². The molecule has 0 radical (unpaired) electrons. The van der Waals surface area contributed by atoms with Gasteiger partial charge in [-0.2, -0.15) is 0 Å². The number of anilines is 2. The SMILES string of the molecule is COC(=O)c1cc([N+](=O)[O-])ccc1Nc1ccc(CN2CCOC2=O)cc1. The van der Waals surface area contributed by atoms with Gasteiger partial charge in [0.05, 0.1) is 29.8 Å². The smallest absolute Gasteiger partial charge is 0.410 e. The Bertz CT molecular complexity index is 881. The van der Waals surface area contributed by atoms with Crippen LogP contribution in [0.1, 0.15) is 15.9 Å². The van der Waals surface area contributed by atoms with Gasteiger partial charge in [-0.1, -0.05) is 12.1 Å². The summed E-state index contributed by atoms with van der Waals surface area (Å²) in [6, 6.07) is 11.2. The zero-order valence-corrected chi connectivity index (χ0v) is 14.5. The van der Waals surface area contributed by atoms with Crippen molar-refractivity contribution in [1.29, 1.82) is 0 Å². The number of carbonyl (C=O) groups excluding carboxylic acids is 2. The van der Waals surface area contributed by atoms with Crippen molar-refractivity contribution in [2.45, 2.75) is 6.54 Å². The molecule has 1 N–H and O–H groups in total. The van der Waals surface area contributed by atoms with Crippen LogP contribution in [-0.2, 0) is 16.0 Å². The largest absolute Gasteiger partial charge is 0.465 e. The van der Waals surface area contributed by atoms with Gasteiger partial charge >= 0.3 is 12.1 Å². The Balaban J connectivity index is 1.77. The third-order valence-corrected chi connectivity index (χ3v) is 4.07. The highest BCUT2D eigenvalue weighted by atomic mass is 16.6. The fourth-order valence-electron chi connectivity index (χ4n) is 2.67. The molecule has 0 bridgehead atoms. The van der Waals surface area contributed by atoms with Gasteiger partial charge in [0.1, 0.15) is 6.61 Å². The van der Waals surface area contributed by atoms with E-state index in [1.807, 2.05) is 12.1 Å². The fourth-order valence-corrected chi connectivity index (χ4v) is 2.67. The van der Waals surface area contributed by atoms with Crippen LogP contribution < -0.4 is 5.32 Å². The highest BCUT2D eigenvalue weighted by Gasteiger charge is 2.22. The molecule has 1 amide bonds. The van der Waals surface area contributed by atoms with Crippen molar-refractivity contribution in [3.63, 3.8) is 0 Å². The first kappa shape index (κ1) is 18.2. The number of rotatable bonds is 6. The van der Waals surface area contributed by atoms with Crippen LogP contribution in [0.2, 0.25) is 0 Å². The number of carbonyl (C=O) groups is 2. The molecule has 2 aromatic rings. The number of esters is 1. The van der Waals surface area contributed by atoms with Crippen molar-refractivity contribution in [3.8, 4) is 0 Å². The molecule has 140 valence electrons. The topological polar surface area (TPSA) is 111 Å². The second-order valence-electron chi connectivity index (χ2n) is 5.84. The summed E-state index contributed by atoms with van der Waals surface area (Å²) in [5.74, 6) is -0.676. The van der Waals surface area contributed by atoms with Crippen LogP contribution in [-0.4, -0.2) is 42.1 Å². The van der Waals surface area contributed by atoms with E-state index >= 15 is 0 Å². The summed E-state index contributed by atoms with van der Waals surface area (Å²) in [7, 11) is 1.21. The summed E-state index contributed by atoms with van der Waals surface area (Å²) in [5.41, 5.74) is 1.87. The van der Waals surface area contributed by atoms with E-state index in [1.165, 1.54) is 25.3 Å². The molecule has 1 aliphatic rings. The average molecular weight is 371 g/mol. The molecule has 27 heavy (non-hydrogen) atoms. The third-order valence-electron chi connectivity index (χ3n) is 4.07. The Kier molecular flexibility index (Phi) is 5.20. The Labute approximate surface area is 154 Å². The van der Waals surface area contributed by atoms with Crippen molar-refractivity contribution in [2.24, 2.45) is 0 Å². The number of nitrogens with zero attached hydrogens (tertiary/aromatic N) is 2. The molecule has 0 saturated carbocycles. The lowest BCUT2D eigenvalue weighted by Gasteiger charge is -2.14.